The van der Waals surface area contributed by atoms with Gasteiger partial charge in [0.2, 0.25) is 0 Å². The van der Waals surface area contributed by atoms with Crippen molar-refractivity contribution >= 4 is 37.2 Å². The highest BCUT2D eigenvalue weighted by Crippen LogP contribution is 2.40. The van der Waals surface area contributed by atoms with Gasteiger partial charge in [0.25, 0.3) is 0 Å². The Hall–Kier alpha value is -0.140. The van der Waals surface area contributed by atoms with Gasteiger partial charge in [-0.15, -0.1) is 0 Å². The van der Waals surface area contributed by atoms with E-state index in [1.54, 1.807) is 0 Å². The zero-order valence-electron chi connectivity index (χ0n) is 46.8. The average Bonchev–Trinajstić information content (AvgIpc) is 0.830. The van der Waals surface area contributed by atoms with Crippen LogP contribution in [0.2, 0.25) is 0 Å². The maximum Gasteiger partial charge on any atom is 0.187 e. The van der Waals surface area contributed by atoms with Gasteiger partial charge < -0.3 is 198 Å². The molecule has 40 nitrogen and oxygen atoms in total. The summed E-state index contributed by atoms with van der Waals surface area (Å²) in [4.78, 5) is 0. The molecule has 30 aliphatic heterocycles. The van der Waals surface area contributed by atoms with Crippen molar-refractivity contribution in [1.29, 1.82) is 0 Å². The van der Waals surface area contributed by atoms with Crippen molar-refractivity contribution in [2.24, 2.45) is 0 Å². The molecule has 16 bridgehead atoms. The molecule has 0 saturated carbocycles. The van der Waals surface area contributed by atoms with Crippen molar-refractivity contribution in [1.82, 2.24) is 0 Å². The van der Waals surface area contributed by atoms with Gasteiger partial charge in [-0.2, -0.15) is 0 Å². The molecule has 0 aliphatic carbocycles. The summed E-state index contributed by atoms with van der Waals surface area (Å²) in [6.07, 6.45) is -82.0. The molecule has 0 aromatic carbocycles. The normalized spacial score (nSPS) is 54.2. The Bertz CT molecular complexity index is 1720. The monoisotopic (exact) mass is 1550 g/mol. The van der Waals surface area contributed by atoms with E-state index in [-0.39, 0.29) is 0 Å². The fraction of sp³-hybridized carbons (Fsp3) is 1.00. The van der Waals surface area contributed by atoms with E-state index in [0.29, 0.717) is 0 Å². The van der Waals surface area contributed by atoms with Gasteiger partial charge in [-0.1, -0.05) is 0 Å². The summed E-state index contributed by atoms with van der Waals surface area (Å²) in [6, 6.07) is 0. The van der Waals surface area contributed by atoms with E-state index in [0.717, 1.165) is 0 Å². The van der Waals surface area contributed by atoms with Crippen LogP contribution in [0.25, 0.3) is 0 Å². The van der Waals surface area contributed by atoms with Crippen LogP contribution < -0.4 is 0 Å². The van der Waals surface area contributed by atoms with Crippen LogP contribution in [0.1, 0.15) is 0 Å². The maximum atomic E-state index is 11.4. The standard InChI is InChI=1S/C48H80O40.I2/c49-1-9-33-17(57)25(65)41(73-9)82-34-10(2-50)75-43(27(67)19(34)59)84-36-12(4-52)77-45(29(69)21(36)61)86-38-14(6-54)79-47(31(71)23(38)63)88-40-16(8-56)80-48(32(72)24(40)64)87-39-15(7-55)78-46(30(70)22(39)62)85-37-13(5-53)76-44(28(68)20(37)60)83-35-11(3-51)74-42(81-33)26(66)18(35)58;1-2/h9-72H,1-8H2;/t9-,10-,11-,12-,13-,14-,15-,16-,17-,18-,19-,20-,21+,22+,23+,24-,25-,26-,27-,28-,29+,30+,31+,32+,33-,34-,35-,36-,37-,38-,39-,40-,41-,42-,43-,44-,45-,46-,47-,48-;/m1./s1. The summed E-state index contributed by atoms with van der Waals surface area (Å²) in [5.41, 5.74) is 0. The summed E-state index contributed by atoms with van der Waals surface area (Å²) in [5, 5.41) is 265. The second kappa shape index (κ2) is 33.1. The van der Waals surface area contributed by atoms with Gasteiger partial charge in [-0.25, -0.2) is 0 Å². The minimum atomic E-state index is -2.25. The summed E-state index contributed by atoms with van der Waals surface area (Å²) in [6.45, 7) is -8.64. The van der Waals surface area contributed by atoms with E-state index in [2.05, 4.69) is 37.2 Å². The minimum Gasteiger partial charge on any atom is -0.394 e. The van der Waals surface area contributed by atoms with Crippen molar-refractivity contribution in [3.8, 4) is 0 Å². The van der Waals surface area contributed by atoms with Gasteiger partial charge in [-0.05, 0) is 0 Å². The van der Waals surface area contributed by atoms with Gasteiger partial charge in [0.1, 0.15) is 195 Å². The molecular formula is C48H80I2O40. The number of aliphatic hydroxyl groups excluding tert-OH is 24. The number of hydrogen-bond acceptors (Lipinski definition) is 40. The van der Waals surface area contributed by atoms with Crippen LogP contribution in [-0.2, 0) is 75.8 Å². The highest BCUT2D eigenvalue weighted by molar-refractivity contribution is 15.0. The molecule has 0 aromatic heterocycles. The minimum absolute atomic E-state index is 1.08. The predicted octanol–water partition coefficient (Wildman–Crippen LogP) is -15.6. The SMILES string of the molecule is II.OC[C@H]1O[C@@H]2O[C@H]3[C@@H](O)[C@H](O)[C@@H](O[C@H]4[C@H](O)[C@@H](O)[C@@H](O[C@H]5[C@H](O)[C@@H](O)[C@@H](O[C@H]6[C@H](O)[C@@H](O)[C@@H](O[C@H]7[C@H](O)[C@@H](O)[C@@H](O[C@H]8[C@@H](O)[C@H](O)[C@@H](O[C@H]9[C@@H](O)[C@H](O)[C@@H](O[C@H]1[C@H](O)[C@@H]2O)O[C@@H]9CO)O[C@@H]8CO)O[C@@H]7CO)O[C@@H]6CO)O[C@@H]5CO)O[C@@H]4CO)O[C@@H]3CO. The first kappa shape index (κ1) is 75.6. The Kier molecular flexibility index (Phi) is 27.9. The zero-order chi connectivity index (χ0) is 66.1. The second-order valence-corrected chi connectivity index (χ2v) is 22.5. The molecule has 0 unspecified atom stereocenters. The van der Waals surface area contributed by atoms with Crippen LogP contribution >= 0.6 is 37.2 Å². The molecule has 30 aliphatic rings. The van der Waals surface area contributed by atoms with E-state index >= 15 is 0 Å². The van der Waals surface area contributed by atoms with Crippen LogP contribution in [0.4, 0.5) is 0 Å². The second-order valence-electron chi connectivity index (χ2n) is 22.5. The van der Waals surface area contributed by atoms with Crippen LogP contribution in [0, 0.1) is 0 Å². The fourth-order valence-corrected chi connectivity index (χ4v) is 11.9. The molecule has 0 radical (unpaired) electrons. The van der Waals surface area contributed by atoms with Gasteiger partial charge in [-0.3, -0.25) is 0 Å². The summed E-state index contributed by atoms with van der Waals surface area (Å²) in [7, 11) is 0. The number of rotatable bonds is 8. The van der Waals surface area contributed by atoms with Crippen LogP contribution in [-0.4, -0.2) is 421 Å². The molecular weight excluding hydrogens is 1470 g/mol. The van der Waals surface area contributed by atoms with Crippen molar-refractivity contribution in [3.63, 3.8) is 0 Å². The van der Waals surface area contributed by atoms with Crippen molar-refractivity contribution in [2.75, 3.05) is 52.9 Å². The van der Waals surface area contributed by atoms with Gasteiger partial charge >= 0.3 is 0 Å². The molecule has 24 N–H and O–H groups in total. The Labute approximate surface area is 531 Å². The van der Waals surface area contributed by atoms with E-state index in [9.17, 15) is 123 Å². The first-order chi connectivity index (χ1) is 42.9. The maximum absolute atomic E-state index is 11.4. The van der Waals surface area contributed by atoms with Gasteiger partial charge in [0.15, 0.2) is 50.3 Å². The topological polar surface area (TPSA) is 633 Å². The van der Waals surface area contributed by atoms with E-state index < -0.39 is 299 Å². The van der Waals surface area contributed by atoms with Crippen molar-refractivity contribution in [3.05, 3.63) is 0 Å². The smallest absolute Gasteiger partial charge is 0.187 e. The van der Waals surface area contributed by atoms with Gasteiger partial charge in [0, 0.05) is 37.2 Å². The number of halogens is 2. The van der Waals surface area contributed by atoms with Crippen LogP contribution in [0.3, 0.4) is 0 Å². The molecule has 0 amide bonds. The van der Waals surface area contributed by atoms with E-state index in [1.807, 2.05) is 0 Å². The first-order valence-electron chi connectivity index (χ1n) is 28.3. The molecule has 30 fully saturated rings. The zero-order valence-corrected chi connectivity index (χ0v) is 51.1. The molecule has 30 heterocycles. The van der Waals surface area contributed by atoms with E-state index in [4.69, 9.17) is 75.8 Å². The molecule has 90 heavy (non-hydrogen) atoms. The quantitative estimate of drug-likeness (QED) is 0.100. The largest absolute Gasteiger partial charge is 0.394 e. The summed E-state index contributed by atoms with van der Waals surface area (Å²) in [5.74, 6) is 0. The van der Waals surface area contributed by atoms with Gasteiger partial charge in [0.05, 0.1) is 52.9 Å². The molecule has 0 aromatic rings. The molecule has 40 atom stereocenters. The number of ether oxygens (including phenoxy) is 16. The Morgan fingerprint density at radius 3 is 0.322 bits per heavy atom. The highest BCUT2D eigenvalue weighted by Gasteiger charge is 2.60. The lowest BCUT2D eigenvalue weighted by atomic mass is 9.94. The fourth-order valence-electron chi connectivity index (χ4n) is 11.9. The lowest BCUT2D eigenvalue weighted by Gasteiger charge is -2.50. The first-order valence-corrected chi connectivity index (χ1v) is 34.6. The number of hydrogen-bond donors (Lipinski definition) is 24. The predicted molar refractivity (Wildman–Crippen MR) is 289 cm³/mol. The molecule has 30 saturated heterocycles. The number of aliphatic hydroxyl groups is 24. The Morgan fingerprint density at radius 2 is 0.244 bits per heavy atom. The third-order valence-corrected chi connectivity index (χ3v) is 16.9. The lowest BCUT2D eigenvalue weighted by Crippen LogP contribution is -2.69. The van der Waals surface area contributed by atoms with Crippen molar-refractivity contribution in [2.45, 2.75) is 246 Å². The summed E-state index contributed by atoms with van der Waals surface area (Å²) < 4.78 is 91.1. The molecule has 42 heteroatoms. The highest BCUT2D eigenvalue weighted by atomic mass is 128. The molecule has 526 valence electrons. The lowest BCUT2D eigenvalue weighted by molar-refractivity contribution is -0.404. The Balaban J connectivity index is 0.00000517. The third-order valence-electron chi connectivity index (χ3n) is 16.9. The third kappa shape index (κ3) is 15.3. The van der Waals surface area contributed by atoms with Crippen LogP contribution in [0.15, 0.2) is 0 Å². The van der Waals surface area contributed by atoms with Crippen LogP contribution in [0.5, 0.6) is 0 Å². The Morgan fingerprint density at radius 1 is 0.156 bits per heavy atom. The van der Waals surface area contributed by atoms with Crippen molar-refractivity contribution < 1.29 is 198 Å². The molecule has 0 spiro atoms. The van der Waals surface area contributed by atoms with E-state index in [1.165, 1.54) is 0 Å². The average molecular weight is 1550 g/mol. The molecule has 30 rings (SSSR count). The summed E-state index contributed by atoms with van der Waals surface area (Å²) >= 11 is 4.24.